The number of rotatable bonds is 6. The first-order chi connectivity index (χ1) is 15.2. The van der Waals surface area contributed by atoms with E-state index < -0.39 is 35.0 Å². The summed E-state index contributed by atoms with van der Waals surface area (Å²) in [5.74, 6) is -0.976. The summed E-state index contributed by atoms with van der Waals surface area (Å²) in [5, 5.41) is 6.62. The number of alkyl halides is 2. The van der Waals surface area contributed by atoms with Crippen LogP contribution in [0.4, 0.5) is 23.7 Å². The van der Waals surface area contributed by atoms with E-state index in [9.17, 15) is 22.2 Å². The molecule has 172 valence electrons. The van der Waals surface area contributed by atoms with Crippen molar-refractivity contribution in [1.82, 2.24) is 15.1 Å². The van der Waals surface area contributed by atoms with Crippen molar-refractivity contribution < 1.29 is 26.6 Å². The Morgan fingerprint density at radius 2 is 1.97 bits per heavy atom. The summed E-state index contributed by atoms with van der Waals surface area (Å²) >= 11 is 0. The molecule has 3 rings (SSSR count). The molecular weight excluding hydrogens is 449 g/mol. The normalized spacial score (nSPS) is 15.9. The highest BCUT2D eigenvalue weighted by atomic mass is 32.2. The van der Waals surface area contributed by atoms with Gasteiger partial charge in [0.25, 0.3) is 11.8 Å². The molecule has 0 atom stereocenters. The molecule has 13 heteroatoms. The predicted molar refractivity (Wildman–Crippen MR) is 112 cm³/mol. The molecule has 1 aliphatic heterocycles. The summed E-state index contributed by atoms with van der Waals surface area (Å²) in [5.41, 5.74) is 12.1. The Bertz CT molecular complexity index is 1050. The van der Waals surface area contributed by atoms with Crippen LogP contribution in [0.3, 0.4) is 0 Å². The lowest BCUT2D eigenvalue weighted by Crippen LogP contribution is -2.49. The van der Waals surface area contributed by atoms with E-state index in [4.69, 9.17) is 15.9 Å². The van der Waals surface area contributed by atoms with Crippen molar-refractivity contribution in [3.63, 3.8) is 0 Å². The van der Waals surface area contributed by atoms with Crippen LogP contribution in [-0.2, 0) is 10.8 Å². The predicted octanol–water partition coefficient (Wildman–Crippen LogP) is 1.98. The fourth-order valence-electron chi connectivity index (χ4n) is 2.86. The topological polar surface area (TPSA) is 132 Å². The number of hydrogen-bond acceptors (Lipinski definition) is 7. The molecule has 0 radical (unpaired) electrons. The smallest absolute Gasteiger partial charge is 0.324 e. The van der Waals surface area contributed by atoms with Gasteiger partial charge in [-0.25, -0.2) is 9.18 Å². The number of anilines is 1. The van der Waals surface area contributed by atoms with Crippen LogP contribution >= 0.6 is 0 Å². The number of halogens is 3. The van der Waals surface area contributed by atoms with Crippen molar-refractivity contribution in [3.8, 4) is 0 Å². The van der Waals surface area contributed by atoms with Crippen molar-refractivity contribution in [1.29, 1.82) is 0 Å². The fraction of sp³-hybridized carbons (Fsp3) is 0.316. The van der Waals surface area contributed by atoms with Gasteiger partial charge in [0.2, 0.25) is 0 Å². The third-order valence-electron chi connectivity index (χ3n) is 4.49. The SMILES string of the molecule is N/C(=C\C=C(/N)c1nnc(C(F)F)o1)CN(C(=O)N1CCS(=O)CC1)c1cccc(F)c1. The van der Waals surface area contributed by atoms with Crippen molar-refractivity contribution in [3.05, 3.63) is 59.7 Å². The second-order valence-electron chi connectivity index (χ2n) is 6.79. The number of hydrogen-bond donors (Lipinski definition) is 2. The zero-order valence-electron chi connectivity index (χ0n) is 16.8. The van der Waals surface area contributed by atoms with E-state index in [1.807, 2.05) is 0 Å². The highest BCUT2D eigenvalue weighted by molar-refractivity contribution is 7.85. The average molecular weight is 470 g/mol. The molecule has 2 heterocycles. The Labute approximate surface area is 184 Å². The molecule has 0 aliphatic carbocycles. The Morgan fingerprint density at radius 1 is 1.25 bits per heavy atom. The molecule has 0 bridgehead atoms. The van der Waals surface area contributed by atoms with E-state index in [1.165, 1.54) is 40.2 Å². The summed E-state index contributed by atoms with van der Waals surface area (Å²) in [6.45, 7) is 0.493. The first-order valence-corrected chi connectivity index (χ1v) is 10.9. The average Bonchev–Trinajstić information content (AvgIpc) is 3.27. The third kappa shape index (κ3) is 5.87. The summed E-state index contributed by atoms with van der Waals surface area (Å²) in [6.07, 6.45) is -0.300. The summed E-state index contributed by atoms with van der Waals surface area (Å²) in [6, 6.07) is 5.05. The number of carbonyl (C=O) groups is 1. The molecule has 4 N–H and O–H groups in total. The van der Waals surface area contributed by atoms with Crippen LogP contribution in [-0.4, -0.2) is 56.5 Å². The van der Waals surface area contributed by atoms with Gasteiger partial charge in [-0.3, -0.25) is 9.11 Å². The quantitative estimate of drug-likeness (QED) is 0.617. The lowest BCUT2D eigenvalue weighted by atomic mass is 10.2. The van der Waals surface area contributed by atoms with Crippen molar-refractivity contribution >= 4 is 28.2 Å². The number of urea groups is 1. The second kappa shape index (κ2) is 10.3. The van der Waals surface area contributed by atoms with Gasteiger partial charge in [0, 0.05) is 46.8 Å². The van der Waals surface area contributed by atoms with Crippen molar-refractivity contribution in [2.24, 2.45) is 11.5 Å². The molecule has 0 saturated carbocycles. The first kappa shape index (κ1) is 23.3. The molecule has 32 heavy (non-hydrogen) atoms. The Balaban J connectivity index is 1.80. The minimum Gasteiger partial charge on any atom is -0.414 e. The largest absolute Gasteiger partial charge is 0.414 e. The number of allylic oxidation sites excluding steroid dienone is 2. The molecule has 1 fully saturated rings. The minimum atomic E-state index is -2.93. The summed E-state index contributed by atoms with van der Waals surface area (Å²) in [4.78, 5) is 15.9. The van der Waals surface area contributed by atoms with Crippen LogP contribution in [0.1, 0.15) is 18.2 Å². The first-order valence-electron chi connectivity index (χ1n) is 9.45. The lowest BCUT2D eigenvalue weighted by Gasteiger charge is -2.33. The summed E-state index contributed by atoms with van der Waals surface area (Å²) < 4.78 is 55.3. The molecule has 1 saturated heterocycles. The number of nitrogens with two attached hydrogens (primary N) is 2. The van der Waals surface area contributed by atoms with E-state index in [0.29, 0.717) is 24.6 Å². The second-order valence-corrected chi connectivity index (χ2v) is 8.49. The van der Waals surface area contributed by atoms with Crippen LogP contribution in [0.25, 0.3) is 5.70 Å². The number of aromatic nitrogens is 2. The Morgan fingerprint density at radius 3 is 2.59 bits per heavy atom. The monoisotopic (exact) mass is 470 g/mol. The Kier molecular flexibility index (Phi) is 7.51. The van der Waals surface area contributed by atoms with Crippen molar-refractivity contribution in [2.45, 2.75) is 6.43 Å². The van der Waals surface area contributed by atoms with Crippen molar-refractivity contribution in [2.75, 3.05) is 36.0 Å². The van der Waals surface area contributed by atoms with Gasteiger partial charge in [0.05, 0.1) is 12.2 Å². The lowest BCUT2D eigenvalue weighted by molar-refractivity contribution is 0.114. The zero-order valence-corrected chi connectivity index (χ0v) is 17.6. The van der Waals surface area contributed by atoms with Crippen LogP contribution in [0.15, 0.2) is 46.5 Å². The maximum absolute atomic E-state index is 13.8. The molecule has 0 unspecified atom stereocenters. The Hall–Kier alpha value is -3.35. The standard InChI is InChI=1S/C19H21F3N6O3S/c20-12-2-1-3-14(10-12)28(19(29)27-6-8-32(30)9-7-27)11-13(23)4-5-15(24)17-25-26-18(31-17)16(21)22/h1-5,10,16H,6-9,11,23-24H2/b13-4-,15-5-. The van der Waals surface area contributed by atoms with Gasteiger partial charge in [0.1, 0.15) is 5.82 Å². The van der Waals surface area contributed by atoms with Gasteiger partial charge in [-0.1, -0.05) is 6.07 Å². The number of carbonyl (C=O) groups excluding carboxylic acids is 1. The van der Waals surface area contributed by atoms with E-state index in [0.717, 1.165) is 0 Å². The van der Waals surface area contributed by atoms with Crippen LogP contribution in [0, 0.1) is 5.82 Å². The molecule has 1 aromatic heterocycles. The zero-order chi connectivity index (χ0) is 23.3. The molecular formula is C19H21F3N6O3S. The van der Waals surface area contributed by atoms with Gasteiger partial charge in [-0.05, 0) is 30.4 Å². The maximum Gasteiger partial charge on any atom is 0.324 e. The minimum absolute atomic E-state index is 0.102. The van der Waals surface area contributed by atoms with Gasteiger partial charge in [-0.2, -0.15) is 8.78 Å². The number of benzene rings is 1. The highest BCUT2D eigenvalue weighted by Gasteiger charge is 2.26. The highest BCUT2D eigenvalue weighted by Crippen LogP contribution is 2.20. The molecule has 1 aliphatic rings. The number of nitrogens with zero attached hydrogens (tertiary/aromatic N) is 4. The third-order valence-corrected chi connectivity index (χ3v) is 5.77. The van der Waals surface area contributed by atoms with Crippen LogP contribution in [0.5, 0.6) is 0 Å². The van der Waals surface area contributed by atoms with E-state index in [-0.39, 0.29) is 29.5 Å². The fourth-order valence-corrected chi connectivity index (χ4v) is 3.91. The van der Waals surface area contributed by atoms with E-state index in [2.05, 4.69) is 10.2 Å². The molecule has 1 aromatic carbocycles. The number of amides is 2. The van der Waals surface area contributed by atoms with Crippen LogP contribution < -0.4 is 16.4 Å². The van der Waals surface area contributed by atoms with Crippen LogP contribution in [0.2, 0.25) is 0 Å². The van der Waals surface area contributed by atoms with E-state index in [1.54, 1.807) is 6.07 Å². The molecule has 2 aromatic rings. The van der Waals surface area contributed by atoms with Gasteiger partial charge in [0.15, 0.2) is 0 Å². The molecule has 9 nitrogen and oxygen atoms in total. The van der Waals surface area contributed by atoms with E-state index >= 15 is 0 Å². The van der Waals surface area contributed by atoms with Gasteiger partial charge < -0.3 is 20.8 Å². The molecule has 2 amide bonds. The summed E-state index contributed by atoms with van der Waals surface area (Å²) in [7, 11) is -0.974. The van der Waals surface area contributed by atoms with Gasteiger partial charge in [-0.15, -0.1) is 10.2 Å². The maximum atomic E-state index is 13.8. The molecule has 0 spiro atoms. The van der Waals surface area contributed by atoms with Gasteiger partial charge >= 0.3 is 12.5 Å².